The summed E-state index contributed by atoms with van der Waals surface area (Å²) >= 11 is 0. The molecule has 1 aliphatic carbocycles. The summed E-state index contributed by atoms with van der Waals surface area (Å²) in [7, 11) is 3.27. The Hall–Kier alpha value is -1.97. The van der Waals surface area contributed by atoms with Gasteiger partial charge in [-0.3, -0.25) is 0 Å². The minimum atomic E-state index is -0.884. The average molecular weight is 289 g/mol. The molecule has 0 bridgehead atoms. The summed E-state index contributed by atoms with van der Waals surface area (Å²) in [6, 6.07) is 7.95. The van der Waals surface area contributed by atoms with E-state index < -0.39 is 6.09 Å². The molecule has 114 valence electrons. The van der Waals surface area contributed by atoms with E-state index >= 15 is 0 Å². The van der Waals surface area contributed by atoms with E-state index in [-0.39, 0.29) is 5.92 Å². The molecule has 1 amide bonds. The average Bonchev–Trinajstić information content (AvgIpc) is 2.53. The van der Waals surface area contributed by atoms with Crippen LogP contribution in [0.15, 0.2) is 35.9 Å². The fourth-order valence-corrected chi connectivity index (χ4v) is 2.80. The van der Waals surface area contributed by atoms with Gasteiger partial charge in [-0.05, 0) is 43.4 Å². The monoisotopic (exact) mass is 289 g/mol. The summed E-state index contributed by atoms with van der Waals surface area (Å²) < 4.78 is 5.19. The van der Waals surface area contributed by atoms with Gasteiger partial charge < -0.3 is 14.7 Å². The van der Waals surface area contributed by atoms with Crippen LogP contribution in [-0.2, 0) is 0 Å². The molecule has 1 aromatic rings. The number of hydrogen-bond donors (Lipinski definition) is 1. The zero-order chi connectivity index (χ0) is 15.2. The third-order valence-electron chi connectivity index (χ3n) is 4.07. The van der Waals surface area contributed by atoms with E-state index in [1.807, 2.05) is 24.3 Å². The highest BCUT2D eigenvalue weighted by atomic mass is 16.5. The predicted molar refractivity (Wildman–Crippen MR) is 82.9 cm³/mol. The normalized spacial score (nSPS) is 16.0. The van der Waals surface area contributed by atoms with E-state index in [2.05, 4.69) is 6.08 Å². The fourth-order valence-electron chi connectivity index (χ4n) is 2.80. The first-order valence-electron chi connectivity index (χ1n) is 7.38. The van der Waals surface area contributed by atoms with Crippen LogP contribution in [0, 0.1) is 0 Å². The van der Waals surface area contributed by atoms with Crippen molar-refractivity contribution in [3.8, 4) is 5.75 Å². The maximum absolute atomic E-state index is 11.1. The summed E-state index contributed by atoms with van der Waals surface area (Å²) in [4.78, 5) is 12.5. The summed E-state index contributed by atoms with van der Waals surface area (Å²) in [6.45, 7) is 0.494. The van der Waals surface area contributed by atoms with Crippen LogP contribution in [0.1, 0.15) is 37.2 Å². The Bertz CT molecular complexity index is 507. The predicted octanol–water partition coefficient (Wildman–Crippen LogP) is 3.89. The van der Waals surface area contributed by atoms with Crippen LogP contribution in [-0.4, -0.2) is 36.8 Å². The lowest BCUT2D eigenvalue weighted by Gasteiger charge is -2.27. The van der Waals surface area contributed by atoms with E-state index in [1.165, 1.54) is 23.3 Å². The topological polar surface area (TPSA) is 49.8 Å². The summed E-state index contributed by atoms with van der Waals surface area (Å²) in [5.41, 5.74) is 2.51. The van der Waals surface area contributed by atoms with Gasteiger partial charge in [0.15, 0.2) is 0 Å². The standard InChI is InChI=1S/C17H23NO3/c1-18(17(19)20)12-16(13-6-4-3-5-7-13)14-8-10-15(21-2)11-9-14/h6,8-11,16H,3-5,7,12H2,1-2H3,(H,19,20). The highest BCUT2D eigenvalue weighted by Crippen LogP contribution is 2.33. The minimum absolute atomic E-state index is 0.136. The highest BCUT2D eigenvalue weighted by Gasteiger charge is 2.22. The molecule has 0 fully saturated rings. The van der Waals surface area contributed by atoms with Crippen molar-refractivity contribution in [2.75, 3.05) is 20.7 Å². The van der Waals surface area contributed by atoms with Crippen LogP contribution in [0.25, 0.3) is 0 Å². The van der Waals surface area contributed by atoms with Gasteiger partial charge in [-0.25, -0.2) is 4.79 Å². The molecule has 1 aromatic carbocycles. The zero-order valence-corrected chi connectivity index (χ0v) is 12.7. The number of nitrogens with zero attached hydrogens (tertiary/aromatic N) is 1. The maximum Gasteiger partial charge on any atom is 0.407 e. The molecule has 0 spiro atoms. The number of benzene rings is 1. The second kappa shape index (κ2) is 7.16. The number of amides is 1. The maximum atomic E-state index is 11.1. The van der Waals surface area contributed by atoms with Gasteiger partial charge in [0, 0.05) is 19.5 Å². The van der Waals surface area contributed by atoms with E-state index in [1.54, 1.807) is 14.2 Å². The van der Waals surface area contributed by atoms with Gasteiger partial charge >= 0.3 is 6.09 Å². The molecule has 0 saturated heterocycles. The van der Waals surface area contributed by atoms with Crippen LogP contribution < -0.4 is 4.74 Å². The molecule has 0 saturated carbocycles. The molecule has 0 radical (unpaired) electrons. The number of hydrogen-bond acceptors (Lipinski definition) is 2. The first kappa shape index (κ1) is 15.4. The van der Waals surface area contributed by atoms with E-state index in [0.29, 0.717) is 6.54 Å². The van der Waals surface area contributed by atoms with Gasteiger partial charge in [0.1, 0.15) is 5.75 Å². The second-order valence-corrected chi connectivity index (χ2v) is 5.51. The van der Waals surface area contributed by atoms with Crippen molar-refractivity contribution < 1.29 is 14.6 Å². The Kier molecular flexibility index (Phi) is 5.26. The molecule has 0 heterocycles. The third-order valence-corrected chi connectivity index (χ3v) is 4.07. The van der Waals surface area contributed by atoms with Gasteiger partial charge in [-0.15, -0.1) is 0 Å². The molecule has 1 N–H and O–H groups in total. The SMILES string of the molecule is COc1ccc(C(CN(C)C(=O)O)C2=CCCCC2)cc1. The van der Waals surface area contributed by atoms with Crippen molar-refractivity contribution >= 4 is 6.09 Å². The summed E-state index contributed by atoms with van der Waals surface area (Å²) in [5.74, 6) is 0.957. The number of carboxylic acid groups (broad SMARTS) is 1. The van der Waals surface area contributed by atoms with Gasteiger partial charge in [0.25, 0.3) is 0 Å². The molecule has 4 heteroatoms. The molecule has 2 rings (SSSR count). The quantitative estimate of drug-likeness (QED) is 0.837. The van der Waals surface area contributed by atoms with Gasteiger partial charge in [0.05, 0.1) is 7.11 Å². The lowest BCUT2D eigenvalue weighted by molar-refractivity contribution is 0.154. The van der Waals surface area contributed by atoms with Crippen LogP contribution in [0.2, 0.25) is 0 Å². The number of ether oxygens (including phenoxy) is 1. The Morgan fingerprint density at radius 2 is 2.05 bits per heavy atom. The number of methoxy groups -OCH3 is 1. The Balaban J connectivity index is 2.25. The van der Waals surface area contributed by atoms with Crippen molar-refractivity contribution in [1.82, 2.24) is 4.90 Å². The second-order valence-electron chi connectivity index (χ2n) is 5.51. The lowest BCUT2D eigenvalue weighted by Crippen LogP contribution is -2.30. The number of rotatable bonds is 5. The first-order chi connectivity index (χ1) is 10.1. The molecule has 0 aliphatic heterocycles. The Morgan fingerprint density at radius 3 is 2.57 bits per heavy atom. The van der Waals surface area contributed by atoms with Crippen molar-refractivity contribution in [1.29, 1.82) is 0 Å². The molecular formula is C17H23NO3. The van der Waals surface area contributed by atoms with Gasteiger partial charge in [-0.1, -0.05) is 23.8 Å². The summed E-state index contributed by atoms with van der Waals surface area (Å²) in [5, 5.41) is 9.14. The number of carbonyl (C=O) groups is 1. The van der Waals surface area contributed by atoms with Crippen LogP contribution >= 0.6 is 0 Å². The molecule has 1 atom stereocenters. The van der Waals surface area contributed by atoms with Crippen molar-refractivity contribution in [3.05, 3.63) is 41.5 Å². The van der Waals surface area contributed by atoms with Gasteiger partial charge in [-0.2, -0.15) is 0 Å². The molecule has 1 unspecified atom stereocenters. The molecular weight excluding hydrogens is 266 g/mol. The summed E-state index contributed by atoms with van der Waals surface area (Å²) in [6.07, 6.45) is 5.98. The van der Waals surface area contributed by atoms with Crippen molar-refractivity contribution in [3.63, 3.8) is 0 Å². The molecule has 1 aliphatic rings. The van der Waals surface area contributed by atoms with Gasteiger partial charge in [0.2, 0.25) is 0 Å². The molecule has 4 nitrogen and oxygen atoms in total. The van der Waals surface area contributed by atoms with Crippen molar-refractivity contribution in [2.24, 2.45) is 0 Å². The number of likely N-dealkylation sites (N-methyl/N-ethyl adjacent to an activating group) is 1. The lowest BCUT2D eigenvalue weighted by atomic mass is 9.84. The minimum Gasteiger partial charge on any atom is -0.497 e. The first-order valence-corrected chi connectivity index (χ1v) is 7.38. The molecule has 21 heavy (non-hydrogen) atoms. The third kappa shape index (κ3) is 4.00. The van der Waals surface area contributed by atoms with Crippen LogP contribution in [0.3, 0.4) is 0 Å². The largest absolute Gasteiger partial charge is 0.497 e. The van der Waals surface area contributed by atoms with E-state index in [0.717, 1.165) is 24.2 Å². The smallest absolute Gasteiger partial charge is 0.407 e. The Labute approximate surface area is 126 Å². The van der Waals surface area contributed by atoms with Crippen LogP contribution in [0.5, 0.6) is 5.75 Å². The van der Waals surface area contributed by atoms with E-state index in [9.17, 15) is 4.79 Å². The number of allylic oxidation sites excluding steroid dienone is 1. The zero-order valence-electron chi connectivity index (χ0n) is 12.7. The highest BCUT2D eigenvalue weighted by molar-refractivity contribution is 5.64. The van der Waals surface area contributed by atoms with Crippen molar-refractivity contribution in [2.45, 2.75) is 31.6 Å². The van der Waals surface area contributed by atoms with Crippen LogP contribution in [0.4, 0.5) is 4.79 Å². The fraction of sp³-hybridized carbons (Fsp3) is 0.471. The van der Waals surface area contributed by atoms with E-state index in [4.69, 9.17) is 9.84 Å². The Morgan fingerprint density at radius 1 is 1.33 bits per heavy atom. The molecule has 0 aromatic heterocycles.